The number of carbonyl (C=O) groups excluding carboxylic acids is 1. The molecule has 6 nitrogen and oxygen atoms in total. The monoisotopic (exact) mass is 333 g/mol. The summed E-state index contributed by atoms with van der Waals surface area (Å²) in [6.07, 6.45) is 1.87. The Morgan fingerprint density at radius 2 is 1.92 bits per heavy atom. The summed E-state index contributed by atoms with van der Waals surface area (Å²) >= 11 is 0. The van der Waals surface area contributed by atoms with Gasteiger partial charge in [-0.2, -0.15) is 0 Å². The van der Waals surface area contributed by atoms with Gasteiger partial charge in [-0.15, -0.1) is 6.58 Å². The summed E-state index contributed by atoms with van der Waals surface area (Å²) in [5.74, 6) is -0.885. The summed E-state index contributed by atoms with van der Waals surface area (Å²) in [4.78, 5) is 25.3. The van der Waals surface area contributed by atoms with E-state index in [1.165, 1.54) is 0 Å². The number of carboxylic acids is 1. The van der Waals surface area contributed by atoms with Gasteiger partial charge in [0.1, 0.15) is 6.61 Å². The molecule has 0 unspecified atom stereocenters. The van der Waals surface area contributed by atoms with Crippen molar-refractivity contribution in [1.82, 2.24) is 4.90 Å². The lowest BCUT2D eigenvalue weighted by molar-refractivity contribution is -0.156. The van der Waals surface area contributed by atoms with Gasteiger partial charge < -0.3 is 19.5 Å². The van der Waals surface area contributed by atoms with Crippen LogP contribution in [0.4, 0.5) is 4.79 Å². The summed E-state index contributed by atoms with van der Waals surface area (Å²) in [6, 6.07) is 9.44. The Hall–Kier alpha value is -2.34. The highest BCUT2D eigenvalue weighted by Crippen LogP contribution is 2.32. The van der Waals surface area contributed by atoms with Crippen LogP contribution in [0.5, 0.6) is 0 Å². The van der Waals surface area contributed by atoms with Crippen LogP contribution in [0.15, 0.2) is 43.0 Å². The number of hydrogen-bond acceptors (Lipinski definition) is 4. The SMILES string of the molecule is C=CCOCC1(C(=O)O)CCN(C(=O)OCc2ccccc2)CC1. The van der Waals surface area contributed by atoms with Gasteiger partial charge in [-0.1, -0.05) is 36.4 Å². The van der Waals surface area contributed by atoms with Gasteiger partial charge in [0.25, 0.3) is 0 Å². The molecule has 24 heavy (non-hydrogen) atoms. The number of carbonyl (C=O) groups is 2. The number of aliphatic carboxylic acids is 1. The van der Waals surface area contributed by atoms with Crippen LogP contribution in [0.3, 0.4) is 0 Å². The molecule has 0 spiro atoms. The van der Waals surface area contributed by atoms with E-state index >= 15 is 0 Å². The number of rotatable bonds is 7. The minimum absolute atomic E-state index is 0.126. The Bertz CT molecular complexity index is 564. The predicted molar refractivity (Wildman–Crippen MR) is 88.5 cm³/mol. The van der Waals surface area contributed by atoms with Gasteiger partial charge in [-0.3, -0.25) is 4.79 Å². The molecule has 1 aliphatic rings. The Morgan fingerprint density at radius 1 is 1.25 bits per heavy atom. The highest BCUT2D eigenvalue weighted by atomic mass is 16.6. The van der Waals surface area contributed by atoms with Crippen molar-refractivity contribution in [3.63, 3.8) is 0 Å². The van der Waals surface area contributed by atoms with Gasteiger partial charge in [0.05, 0.1) is 18.6 Å². The molecule has 1 aromatic carbocycles. The lowest BCUT2D eigenvalue weighted by atomic mass is 9.79. The summed E-state index contributed by atoms with van der Waals surface area (Å²) in [5.41, 5.74) is -0.0280. The summed E-state index contributed by atoms with van der Waals surface area (Å²) in [7, 11) is 0. The molecule has 0 saturated carbocycles. The molecule has 0 radical (unpaired) electrons. The molecule has 6 heteroatoms. The molecule has 1 fully saturated rings. The fraction of sp³-hybridized carbons (Fsp3) is 0.444. The second-order valence-corrected chi connectivity index (χ2v) is 5.92. The second-order valence-electron chi connectivity index (χ2n) is 5.92. The van der Waals surface area contributed by atoms with Crippen molar-refractivity contribution in [2.75, 3.05) is 26.3 Å². The molecule has 0 bridgehead atoms. The van der Waals surface area contributed by atoms with E-state index in [0.717, 1.165) is 5.56 Å². The van der Waals surface area contributed by atoms with E-state index in [1.54, 1.807) is 11.0 Å². The number of hydrogen-bond donors (Lipinski definition) is 1. The van der Waals surface area contributed by atoms with E-state index in [2.05, 4.69) is 6.58 Å². The number of ether oxygens (including phenoxy) is 2. The molecule has 2 rings (SSSR count). The zero-order chi connectivity index (χ0) is 17.4. The van der Waals surface area contributed by atoms with Crippen LogP contribution in [-0.2, 0) is 20.9 Å². The first kappa shape index (κ1) is 18.0. The van der Waals surface area contributed by atoms with Crippen LogP contribution in [0.25, 0.3) is 0 Å². The van der Waals surface area contributed by atoms with Gasteiger partial charge in [0.2, 0.25) is 0 Å². The number of piperidine rings is 1. The number of amides is 1. The maximum atomic E-state index is 12.1. The molecule has 0 atom stereocenters. The predicted octanol–water partition coefficient (Wildman–Crippen LogP) is 2.69. The fourth-order valence-corrected chi connectivity index (χ4v) is 2.69. The lowest BCUT2D eigenvalue weighted by Crippen LogP contribution is -2.48. The highest BCUT2D eigenvalue weighted by molar-refractivity contribution is 5.76. The van der Waals surface area contributed by atoms with Crippen LogP contribution in [0.2, 0.25) is 0 Å². The molecule has 1 N–H and O–H groups in total. The maximum Gasteiger partial charge on any atom is 0.410 e. The third-order valence-electron chi connectivity index (χ3n) is 4.25. The van der Waals surface area contributed by atoms with E-state index in [1.807, 2.05) is 30.3 Å². The highest BCUT2D eigenvalue weighted by Gasteiger charge is 2.43. The topological polar surface area (TPSA) is 76.1 Å². The van der Waals surface area contributed by atoms with Crippen molar-refractivity contribution in [1.29, 1.82) is 0 Å². The lowest BCUT2D eigenvalue weighted by Gasteiger charge is -2.38. The van der Waals surface area contributed by atoms with Gasteiger partial charge in [-0.05, 0) is 18.4 Å². The van der Waals surface area contributed by atoms with E-state index in [4.69, 9.17) is 9.47 Å². The first-order valence-corrected chi connectivity index (χ1v) is 7.95. The average Bonchev–Trinajstić information content (AvgIpc) is 2.61. The van der Waals surface area contributed by atoms with E-state index in [9.17, 15) is 14.7 Å². The molecule has 1 saturated heterocycles. The van der Waals surface area contributed by atoms with E-state index in [-0.39, 0.29) is 13.2 Å². The standard InChI is InChI=1S/C18H23NO5/c1-2-12-23-14-18(16(20)21)8-10-19(11-9-18)17(22)24-13-15-6-4-3-5-7-15/h2-7H,1,8-14H2,(H,20,21). The van der Waals surface area contributed by atoms with Crippen LogP contribution < -0.4 is 0 Å². The zero-order valence-electron chi connectivity index (χ0n) is 13.6. The van der Waals surface area contributed by atoms with Crippen LogP contribution in [0, 0.1) is 5.41 Å². The quantitative estimate of drug-likeness (QED) is 0.613. The van der Waals surface area contributed by atoms with Crippen molar-refractivity contribution >= 4 is 12.1 Å². The molecular weight excluding hydrogens is 310 g/mol. The largest absolute Gasteiger partial charge is 0.481 e. The minimum atomic E-state index is -0.945. The average molecular weight is 333 g/mol. The molecule has 1 heterocycles. The first-order chi connectivity index (χ1) is 11.6. The van der Waals surface area contributed by atoms with Crippen molar-refractivity contribution in [2.45, 2.75) is 19.4 Å². The maximum absolute atomic E-state index is 12.1. The Kier molecular flexibility index (Phi) is 6.37. The molecule has 0 aliphatic carbocycles. The summed E-state index contributed by atoms with van der Waals surface area (Å²) in [5, 5.41) is 9.52. The minimum Gasteiger partial charge on any atom is -0.481 e. The van der Waals surface area contributed by atoms with Crippen molar-refractivity contribution < 1.29 is 24.2 Å². The smallest absolute Gasteiger partial charge is 0.410 e. The Balaban J connectivity index is 1.84. The number of nitrogens with zero attached hydrogens (tertiary/aromatic N) is 1. The first-order valence-electron chi connectivity index (χ1n) is 7.95. The molecule has 1 amide bonds. The van der Waals surface area contributed by atoms with Gasteiger partial charge in [0, 0.05) is 13.1 Å². The third-order valence-corrected chi connectivity index (χ3v) is 4.25. The number of carboxylic acid groups (broad SMARTS) is 1. The van der Waals surface area contributed by atoms with Crippen LogP contribution in [0.1, 0.15) is 18.4 Å². The van der Waals surface area contributed by atoms with Crippen molar-refractivity contribution in [3.05, 3.63) is 48.6 Å². The van der Waals surface area contributed by atoms with Crippen LogP contribution in [-0.4, -0.2) is 48.4 Å². The van der Waals surface area contributed by atoms with Gasteiger partial charge in [0.15, 0.2) is 0 Å². The van der Waals surface area contributed by atoms with E-state index in [0.29, 0.717) is 32.5 Å². The van der Waals surface area contributed by atoms with Crippen LogP contribution >= 0.6 is 0 Å². The molecule has 0 aromatic heterocycles. The zero-order valence-corrected chi connectivity index (χ0v) is 13.6. The summed E-state index contributed by atoms with van der Waals surface area (Å²) in [6.45, 7) is 4.89. The number of benzene rings is 1. The third kappa shape index (κ3) is 4.58. The van der Waals surface area contributed by atoms with Crippen molar-refractivity contribution in [2.24, 2.45) is 5.41 Å². The molecular formula is C18H23NO5. The van der Waals surface area contributed by atoms with E-state index < -0.39 is 17.5 Å². The fourth-order valence-electron chi connectivity index (χ4n) is 2.69. The molecule has 1 aromatic rings. The normalized spacial score (nSPS) is 16.4. The number of likely N-dealkylation sites (tertiary alicyclic amines) is 1. The van der Waals surface area contributed by atoms with Gasteiger partial charge >= 0.3 is 12.1 Å². The Labute approximate surface area is 141 Å². The summed E-state index contributed by atoms with van der Waals surface area (Å²) < 4.78 is 10.6. The second kappa shape index (κ2) is 8.49. The van der Waals surface area contributed by atoms with Gasteiger partial charge in [-0.25, -0.2) is 4.79 Å². The Morgan fingerprint density at radius 3 is 2.50 bits per heavy atom. The molecule has 130 valence electrons. The van der Waals surface area contributed by atoms with Crippen molar-refractivity contribution in [3.8, 4) is 0 Å². The molecule has 1 aliphatic heterocycles.